The molecule has 1 heterocycles. The molecule has 1 nitrogen and oxygen atoms in total. The number of hydrogen-bond donors (Lipinski definition) is 1. The van der Waals surface area contributed by atoms with Crippen molar-refractivity contribution in [3.05, 3.63) is 0 Å². The minimum absolute atomic E-state index is 0. The van der Waals surface area contributed by atoms with Crippen LogP contribution in [-0.4, -0.2) is 13.1 Å². The molecular formula is C5H11NS. The Morgan fingerprint density at radius 1 is 0.857 bits per heavy atom. The molecule has 1 aliphatic heterocycles. The van der Waals surface area contributed by atoms with Crippen LogP contribution in [-0.2, 0) is 0 Å². The average molecular weight is 117 g/mol. The fraction of sp³-hybridized carbons (Fsp3) is 1.00. The zero-order valence-corrected chi connectivity index (χ0v) is 5.26. The number of rotatable bonds is 0. The van der Waals surface area contributed by atoms with E-state index < -0.39 is 0 Å². The van der Waals surface area contributed by atoms with E-state index in [4.69, 9.17) is 0 Å². The lowest BCUT2D eigenvalue weighted by Gasteiger charge is -2.08. The molecule has 0 unspecified atom stereocenters. The van der Waals surface area contributed by atoms with E-state index in [1.165, 1.54) is 32.4 Å². The van der Waals surface area contributed by atoms with Gasteiger partial charge >= 0.3 is 0 Å². The molecule has 2 radical (unpaired) electrons. The fourth-order valence-electron chi connectivity index (χ4n) is 0.802. The lowest BCUT2D eigenvalue weighted by Crippen LogP contribution is -2.21. The number of nitrogens with one attached hydrogen (secondary N) is 1. The molecule has 7 heavy (non-hydrogen) atoms. The highest BCUT2D eigenvalue weighted by Gasteiger charge is 1.93. The summed E-state index contributed by atoms with van der Waals surface area (Å²) >= 11 is 0. The minimum Gasteiger partial charge on any atom is -0.317 e. The molecule has 0 atom stereocenters. The molecule has 1 saturated heterocycles. The van der Waals surface area contributed by atoms with Gasteiger partial charge in [0.15, 0.2) is 0 Å². The van der Waals surface area contributed by atoms with Crippen LogP contribution in [0.3, 0.4) is 0 Å². The zero-order chi connectivity index (χ0) is 4.24. The van der Waals surface area contributed by atoms with Crippen LogP contribution >= 0.6 is 13.5 Å². The Kier molecular flexibility index (Phi) is 4.67. The van der Waals surface area contributed by atoms with Gasteiger partial charge in [0, 0.05) is 13.5 Å². The van der Waals surface area contributed by atoms with Gasteiger partial charge in [-0.05, 0) is 25.9 Å². The molecule has 1 rings (SSSR count). The van der Waals surface area contributed by atoms with Gasteiger partial charge in [-0.25, -0.2) is 0 Å². The number of hydrogen-bond acceptors (Lipinski definition) is 1. The number of piperidine rings is 1. The van der Waals surface area contributed by atoms with E-state index in [1.807, 2.05) is 0 Å². The summed E-state index contributed by atoms with van der Waals surface area (Å²) in [6.45, 7) is 2.50. The normalized spacial score (nSPS) is 20.6. The van der Waals surface area contributed by atoms with Crippen LogP contribution in [0.25, 0.3) is 0 Å². The van der Waals surface area contributed by atoms with Crippen LogP contribution in [0.5, 0.6) is 0 Å². The largest absolute Gasteiger partial charge is 0.317 e. The summed E-state index contributed by atoms with van der Waals surface area (Å²) in [5.41, 5.74) is 0. The van der Waals surface area contributed by atoms with Crippen molar-refractivity contribution in [1.29, 1.82) is 0 Å². The van der Waals surface area contributed by atoms with Crippen molar-refractivity contribution in [2.24, 2.45) is 0 Å². The summed E-state index contributed by atoms with van der Waals surface area (Å²) in [7, 11) is 0. The molecule has 0 aromatic carbocycles. The Morgan fingerprint density at radius 3 is 1.57 bits per heavy atom. The topological polar surface area (TPSA) is 12.0 Å². The quantitative estimate of drug-likeness (QED) is 0.506. The smallest absolute Gasteiger partial charge is 0 e. The Balaban J connectivity index is 0.000000360. The summed E-state index contributed by atoms with van der Waals surface area (Å²) in [6, 6.07) is 0. The van der Waals surface area contributed by atoms with Gasteiger partial charge in [-0.15, -0.1) is 0 Å². The van der Waals surface area contributed by atoms with Crippen LogP contribution in [0.4, 0.5) is 0 Å². The predicted molar refractivity (Wildman–Crippen MR) is 34.3 cm³/mol. The molecule has 0 spiro atoms. The van der Waals surface area contributed by atoms with Crippen LogP contribution in [0.1, 0.15) is 19.3 Å². The molecule has 2 heteroatoms. The Bertz CT molecular complexity index is 23.6. The summed E-state index contributed by atoms with van der Waals surface area (Å²) in [5.74, 6) is 0. The molecule has 0 aromatic rings. The van der Waals surface area contributed by atoms with Crippen LogP contribution < -0.4 is 5.32 Å². The van der Waals surface area contributed by atoms with Crippen molar-refractivity contribution in [1.82, 2.24) is 5.32 Å². The van der Waals surface area contributed by atoms with Gasteiger partial charge in [0.1, 0.15) is 0 Å². The monoisotopic (exact) mass is 117 g/mol. The predicted octanol–water partition coefficient (Wildman–Crippen LogP) is 1.41. The molecule has 0 amide bonds. The molecule has 1 N–H and O–H groups in total. The van der Waals surface area contributed by atoms with Gasteiger partial charge in [0.2, 0.25) is 0 Å². The molecular weight excluding hydrogens is 106 g/mol. The molecule has 0 aromatic heterocycles. The Labute approximate surface area is 51.9 Å². The van der Waals surface area contributed by atoms with Gasteiger partial charge in [-0.2, -0.15) is 0 Å². The van der Waals surface area contributed by atoms with Crippen molar-refractivity contribution in [3.8, 4) is 0 Å². The maximum atomic E-state index is 3.28. The van der Waals surface area contributed by atoms with E-state index in [-0.39, 0.29) is 13.5 Å². The van der Waals surface area contributed by atoms with Crippen LogP contribution in [0, 0.1) is 0 Å². The summed E-state index contributed by atoms with van der Waals surface area (Å²) in [6.07, 6.45) is 4.22. The van der Waals surface area contributed by atoms with Gasteiger partial charge in [-0.3, -0.25) is 0 Å². The first-order valence-electron chi connectivity index (χ1n) is 2.71. The first-order valence-corrected chi connectivity index (χ1v) is 2.71. The van der Waals surface area contributed by atoms with E-state index in [9.17, 15) is 0 Å². The van der Waals surface area contributed by atoms with Crippen molar-refractivity contribution >= 4 is 13.5 Å². The zero-order valence-electron chi connectivity index (χ0n) is 4.44. The molecule has 1 aliphatic rings. The first-order chi connectivity index (χ1) is 3.00. The van der Waals surface area contributed by atoms with Crippen molar-refractivity contribution in [2.45, 2.75) is 19.3 Å². The Hall–Kier alpha value is 0.310. The standard InChI is InChI=1S/C5H11N.S/c1-2-4-6-5-3-1;/h6H,1-5H2;. The lowest BCUT2D eigenvalue weighted by atomic mass is 10.2. The van der Waals surface area contributed by atoms with E-state index >= 15 is 0 Å². The second kappa shape index (κ2) is 4.47. The lowest BCUT2D eigenvalue weighted by molar-refractivity contribution is 0.520. The molecule has 42 valence electrons. The highest BCUT2D eigenvalue weighted by Crippen LogP contribution is 1.96. The Morgan fingerprint density at radius 2 is 1.43 bits per heavy atom. The highest BCUT2D eigenvalue weighted by molar-refractivity contribution is 7.59. The van der Waals surface area contributed by atoms with E-state index in [0.717, 1.165) is 0 Å². The molecule has 0 aliphatic carbocycles. The maximum absolute atomic E-state index is 3.28. The summed E-state index contributed by atoms with van der Waals surface area (Å²) in [4.78, 5) is 0. The van der Waals surface area contributed by atoms with Crippen molar-refractivity contribution in [2.75, 3.05) is 13.1 Å². The van der Waals surface area contributed by atoms with Crippen molar-refractivity contribution < 1.29 is 0 Å². The highest BCUT2D eigenvalue weighted by atomic mass is 32.1. The first kappa shape index (κ1) is 7.31. The second-order valence-corrected chi connectivity index (χ2v) is 1.81. The summed E-state index contributed by atoms with van der Waals surface area (Å²) < 4.78 is 0. The van der Waals surface area contributed by atoms with Gasteiger partial charge in [0.05, 0.1) is 0 Å². The van der Waals surface area contributed by atoms with Crippen molar-refractivity contribution in [3.63, 3.8) is 0 Å². The van der Waals surface area contributed by atoms with E-state index in [2.05, 4.69) is 5.32 Å². The fourth-order valence-corrected chi connectivity index (χ4v) is 0.802. The average Bonchev–Trinajstić information content (AvgIpc) is 1.72. The third-order valence-corrected chi connectivity index (χ3v) is 1.21. The molecule has 0 bridgehead atoms. The van der Waals surface area contributed by atoms with E-state index in [0.29, 0.717) is 0 Å². The second-order valence-electron chi connectivity index (χ2n) is 1.81. The SMILES string of the molecule is C1CCNCC1.[S]. The third-order valence-electron chi connectivity index (χ3n) is 1.21. The van der Waals surface area contributed by atoms with Gasteiger partial charge in [0.25, 0.3) is 0 Å². The third kappa shape index (κ3) is 2.94. The molecule has 1 fully saturated rings. The maximum Gasteiger partial charge on any atom is 0 e. The van der Waals surface area contributed by atoms with Crippen LogP contribution in [0.2, 0.25) is 0 Å². The molecule has 0 saturated carbocycles. The van der Waals surface area contributed by atoms with E-state index in [1.54, 1.807) is 0 Å². The summed E-state index contributed by atoms with van der Waals surface area (Å²) in [5, 5.41) is 3.28. The minimum atomic E-state index is 0. The van der Waals surface area contributed by atoms with Crippen LogP contribution in [0.15, 0.2) is 0 Å². The van der Waals surface area contributed by atoms with Gasteiger partial charge in [-0.1, -0.05) is 6.42 Å². The van der Waals surface area contributed by atoms with Gasteiger partial charge < -0.3 is 5.32 Å².